The van der Waals surface area contributed by atoms with Crippen molar-refractivity contribution in [2.75, 3.05) is 34.3 Å². The second-order valence-electron chi connectivity index (χ2n) is 5.22. The summed E-state index contributed by atoms with van der Waals surface area (Å²) in [4.78, 5) is 2.11. The Bertz CT molecular complexity index is 394. The second kappa shape index (κ2) is 7.48. The van der Waals surface area contributed by atoms with Gasteiger partial charge in [0, 0.05) is 19.1 Å². The van der Waals surface area contributed by atoms with E-state index in [9.17, 15) is 5.11 Å². The first kappa shape index (κ1) is 16.0. The highest BCUT2D eigenvalue weighted by atomic mass is 16.5. The smallest absolute Gasteiger partial charge is 0.121 e. The summed E-state index contributed by atoms with van der Waals surface area (Å²) in [6.07, 6.45) is -0.508. The quantitative estimate of drug-likeness (QED) is 0.786. The fourth-order valence-corrected chi connectivity index (χ4v) is 2.00. The normalized spacial score (nSPS) is 14.5. The monoisotopic (exact) mass is 266 g/mol. The molecule has 0 saturated heterocycles. The summed E-state index contributed by atoms with van der Waals surface area (Å²) < 4.78 is 5.23. The Morgan fingerprint density at radius 1 is 1.37 bits per heavy atom. The molecule has 2 N–H and O–H groups in total. The lowest BCUT2D eigenvalue weighted by atomic mass is 10.0. The van der Waals surface area contributed by atoms with Crippen LogP contribution in [0.5, 0.6) is 5.75 Å². The van der Waals surface area contributed by atoms with Crippen LogP contribution in [-0.2, 0) is 0 Å². The number of nitrogens with one attached hydrogen (secondary N) is 1. The Morgan fingerprint density at radius 2 is 2.05 bits per heavy atom. The van der Waals surface area contributed by atoms with Gasteiger partial charge in [0.05, 0.1) is 13.2 Å². The van der Waals surface area contributed by atoms with Crippen molar-refractivity contribution in [2.45, 2.75) is 26.0 Å². The molecule has 4 nitrogen and oxygen atoms in total. The van der Waals surface area contributed by atoms with Gasteiger partial charge in [0.15, 0.2) is 0 Å². The van der Waals surface area contributed by atoms with Crippen LogP contribution >= 0.6 is 0 Å². The van der Waals surface area contributed by atoms with E-state index in [1.165, 1.54) is 0 Å². The highest BCUT2D eigenvalue weighted by molar-refractivity contribution is 5.37. The second-order valence-corrected chi connectivity index (χ2v) is 5.22. The lowest BCUT2D eigenvalue weighted by Crippen LogP contribution is -2.36. The van der Waals surface area contributed by atoms with Crippen molar-refractivity contribution in [3.63, 3.8) is 0 Å². The zero-order chi connectivity index (χ0) is 14.4. The van der Waals surface area contributed by atoms with E-state index < -0.39 is 6.10 Å². The van der Waals surface area contributed by atoms with Crippen LogP contribution in [-0.4, -0.2) is 50.3 Å². The standard InChI is InChI=1S/C15H26N2O2/c1-11-10-13(6-7-14(11)19-5)15(18)12(2)16-8-9-17(3)4/h6-7,10,12,15-16,18H,8-9H2,1-5H3. The number of hydrogen-bond acceptors (Lipinski definition) is 4. The molecule has 108 valence electrons. The van der Waals surface area contributed by atoms with Gasteiger partial charge < -0.3 is 20.1 Å². The van der Waals surface area contributed by atoms with Crippen LogP contribution in [0.1, 0.15) is 24.2 Å². The maximum absolute atomic E-state index is 10.3. The maximum Gasteiger partial charge on any atom is 0.121 e. The molecule has 0 aromatic heterocycles. The van der Waals surface area contributed by atoms with E-state index in [1.807, 2.05) is 46.1 Å². The fraction of sp³-hybridized carbons (Fsp3) is 0.600. The third kappa shape index (κ3) is 4.82. The predicted molar refractivity (Wildman–Crippen MR) is 78.7 cm³/mol. The van der Waals surface area contributed by atoms with Crippen molar-refractivity contribution < 1.29 is 9.84 Å². The van der Waals surface area contributed by atoms with Gasteiger partial charge in [-0.05, 0) is 51.2 Å². The Hall–Kier alpha value is -1.10. The number of methoxy groups -OCH3 is 1. The molecule has 0 heterocycles. The highest BCUT2D eigenvalue weighted by Gasteiger charge is 2.16. The van der Waals surface area contributed by atoms with Crippen LogP contribution in [0, 0.1) is 6.92 Å². The van der Waals surface area contributed by atoms with Gasteiger partial charge in [0.25, 0.3) is 0 Å². The molecule has 0 aliphatic heterocycles. The molecule has 0 spiro atoms. The first-order chi connectivity index (χ1) is 8.95. The van der Waals surface area contributed by atoms with Gasteiger partial charge in [0.1, 0.15) is 5.75 Å². The van der Waals surface area contributed by atoms with Gasteiger partial charge in [-0.2, -0.15) is 0 Å². The molecule has 0 saturated carbocycles. The van der Waals surface area contributed by atoms with E-state index in [2.05, 4.69) is 10.2 Å². The molecule has 0 bridgehead atoms. The van der Waals surface area contributed by atoms with E-state index in [0.29, 0.717) is 0 Å². The molecule has 1 rings (SSSR count). The molecule has 2 unspecified atom stereocenters. The SMILES string of the molecule is COc1ccc(C(O)C(C)NCCN(C)C)cc1C. The lowest BCUT2D eigenvalue weighted by Gasteiger charge is -2.22. The van der Waals surface area contributed by atoms with Gasteiger partial charge in [0.2, 0.25) is 0 Å². The lowest BCUT2D eigenvalue weighted by molar-refractivity contribution is 0.135. The molecular formula is C15H26N2O2. The van der Waals surface area contributed by atoms with Crippen LogP contribution in [0.25, 0.3) is 0 Å². The number of hydrogen-bond donors (Lipinski definition) is 2. The number of rotatable bonds is 7. The first-order valence-electron chi connectivity index (χ1n) is 6.66. The van der Waals surface area contributed by atoms with Gasteiger partial charge in [-0.3, -0.25) is 0 Å². The van der Waals surface area contributed by atoms with Crippen molar-refractivity contribution in [2.24, 2.45) is 0 Å². The molecule has 0 radical (unpaired) electrons. The van der Waals surface area contributed by atoms with Crippen LogP contribution in [0.4, 0.5) is 0 Å². The average Bonchev–Trinajstić information content (AvgIpc) is 2.37. The van der Waals surface area contributed by atoms with E-state index in [0.717, 1.165) is 30.0 Å². The predicted octanol–water partition coefficient (Wildman–Crippen LogP) is 1.58. The Kier molecular flexibility index (Phi) is 6.28. The molecule has 1 aromatic carbocycles. The number of aliphatic hydroxyl groups is 1. The molecule has 4 heteroatoms. The third-order valence-corrected chi connectivity index (χ3v) is 3.26. The molecule has 0 aliphatic carbocycles. The summed E-state index contributed by atoms with van der Waals surface area (Å²) in [6.45, 7) is 5.80. The van der Waals surface area contributed by atoms with E-state index in [4.69, 9.17) is 4.74 Å². The van der Waals surface area contributed by atoms with Crippen molar-refractivity contribution in [1.82, 2.24) is 10.2 Å². The summed E-state index contributed by atoms with van der Waals surface area (Å²) in [5.41, 5.74) is 1.96. The summed E-state index contributed by atoms with van der Waals surface area (Å²) in [5.74, 6) is 0.851. The molecule has 2 atom stereocenters. The van der Waals surface area contributed by atoms with E-state index in [-0.39, 0.29) is 6.04 Å². The summed E-state index contributed by atoms with van der Waals surface area (Å²) >= 11 is 0. The number of nitrogens with zero attached hydrogens (tertiary/aromatic N) is 1. The Labute approximate surface area is 116 Å². The topological polar surface area (TPSA) is 44.7 Å². The van der Waals surface area contributed by atoms with E-state index in [1.54, 1.807) is 7.11 Å². The van der Waals surface area contributed by atoms with Crippen molar-refractivity contribution in [3.05, 3.63) is 29.3 Å². The van der Waals surface area contributed by atoms with E-state index >= 15 is 0 Å². The minimum Gasteiger partial charge on any atom is -0.496 e. The number of benzene rings is 1. The van der Waals surface area contributed by atoms with Crippen LogP contribution in [0.15, 0.2) is 18.2 Å². The summed E-state index contributed by atoms with van der Waals surface area (Å²) in [7, 11) is 5.73. The number of ether oxygens (including phenoxy) is 1. The summed E-state index contributed by atoms with van der Waals surface area (Å²) in [5, 5.41) is 13.7. The largest absolute Gasteiger partial charge is 0.496 e. The van der Waals surface area contributed by atoms with Crippen molar-refractivity contribution >= 4 is 0 Å². The minimum atomic E-state index is -0.508. The van der Waals surface area contributed by atoms with Gasteiger partial charge in [-0.1, -0.05) is 6.07 Å². The van der Waals surface area contributed by atoms with Gasteiger partial charge >= 0.3 is 0 Å². The fourth-order valence-electron chi connectivity index (χ4n) is 2.00. The number of aliphatic hydroxyl groups excluding tert-OH is 1. The first-order valence-corrected chi connectivity index (χ1v) is 6.66. The maximum atomic E-state index is 10.3. The van der Waals surface area contributed by atoms with Crippen LogP contribution in [0.3, 0.4) is 0 Å². The molecule has 0 aliphatic rings. The van der Waals surface area contributed by atoms with Crippen molar-refractivity contribution in [1.29, 1.82) is 0 Å². The Morgan fingerprint density at radius 3 is 2.58 bits per heavy atom. The number of aryl methyl sites for hydroxylation is 1. The third-order valence-electron chi connectivity index (χ3n) is 3.26. The van der Waals surface area contributed by atoms with Crippen LogP contribution < -0.4 is 10.1 Å². The summed E-state index contributed by atoms with van der Waals surface area (Å²) in [6, 6.07) is 5.82. The van der Waals surface area contributed by atoms with Gasteiger partial charge in [-0.25, -0.2) is 0 Å². The molecule has 1 aromatic rings. The average molecular weight is 266 g/mol. The minimum absolute atomic E-state index is 0.0211. The molecule has 0 fully saturated rings. The van der Waals surface area contributed by atoms with Crippen molar-refractivity contribution in [3.8, 4) is 5.75 Å². The van der Waals surface area contributed by atoms with Crippen LogP contribution in [0.2, 0.25) is 0 Å². The molecule has 19 heavy (non-hydrogen) atoms. The zero-order valence-corrected chi connectivity index (χ0v) is 12.6. The highest BCUT2D eigenvalue weighted by Crippen LogP contribution is 2.24. The number of likely N-dealkylation sites (N-methyl/N-ethyl adjacent to an activating group) is 1. The molecular weight excluding hydrogens is 240 g/mol. The zero-order valence-electron chi connectivity index (χ0n) is 12.6. The molecule has 0 amide bonds. The van der Waals surface area contributed by atoms with Gasteiger partial charge in [-0.15, -0.1) is 0 Å². The Balaban J connectivity index is 2.61.